The molecule has 108 valence electrons. The second-order valence-corrected chi connectivity index (χ2v) is 6.62. The monoisotopic (exact) mass is 309 g/mol. The highest BCUT2D eigenvalue weighted by Crippen LogP contribution is 2.18. The molecular formula is C15H19NO2S2. The van der Waals surface area contributed by atoms with E-state index < -0.39 is 0 Å². The zero-order valence-corrected chi connectivity index (χ0v) is 13.4. The van der Waals surface area contributed by atoms with Crippen molar-refractivity contribution in [2.24, 2.45) is 0 Å². The highest BCUT2D eigenvalue weighted by atomic mass is 32.2. The number of hydrogen-bond acceptors (Lipinski definition) is 4. The largest absolute Gasteiger partial charge is 0.372 e. The fraction of sp³-hybridized carbons (Fsp3) is 0.467. The van der Waals surface area contributed by atoms with Crippen LogP contribution in [-0.2, 0) is 4.74 Å². The van der Waals surface area contributed by atoms with Crippen molar-refractivity contribution in [3.8, 4) is 0 Å². The van der Waals surface area contributed by atoms with E-state index in [0.29, 0.717) is 5.75 Å². The number of ether oxygens (including phenoxy) is 1. The summed E-state index contributed by atoms with van der Waals surface area (Å²) in [6, 6.07) is 9.34. The Morgan fingerprint density at radius 1 is 1.30 bits per heavy atom. The van der Waals surface area contributed by atoms with Gasteiger partial charge in [-0.25, -0.2) is 0 Å². The van der Waals surface area contributed by atoms with Gasteiger partial charge in [-0.2, -0.15) is 0 Å². The van der Waals surface area contributed by atoms with E-state index in [1.165, 1.54) is 11.8 Å². The molecule has 1 saturated heterocycles. The van der Waals surface area contributed by atoms with Gasteiger partial charge in [0.2, 0.25) is 0 Å². The number of rotatable bonds is 3. The lowest BCUT2D eigenvalue weighted by atomic mass is 10.2. The molecule has 1 aromatic carbocycles. The third-order valence-corrected chi connectivity index (χ3v) is 4.62. The van der Waals surface area contributed by atoms with Crippen LogP contribution < -0.4 is 0 Å². The molecule has 0 radical (unpaired) electrons. The molecule has 1 fully saturated rings. The molecule has 1 aromatic rings. The summed E-state index contributed by atoms with van der Waals surface area (Å²) in [5.41, 5.74) is 0.742. The van der Waals surface area contributed by atoms with Gasteiger partial charge in [-0.15, -0.1) is 0 Å². The molecule has 0 spiro atoms. The number of ketones is 1. The van der Waals surface area contributed by atoms with E-state index in [2.05, 4.69) is 4.90 Å². The van der Waals surface area contributed by atoms with Crippen LogP contribution in [0.15, 0.2) is 30.3 Å². The van der Waals surface area contributed by atoms with Crippen LogP contribution >= 0.6 is 24.0 Å². The first-order chi connectivity index (χ1) is 9.56. The molecule has 2 atom stereocenters. The molecule has 5 heteroatoms. The average molecular weight is 309 g/mol. The van der Waals surface area contributed by atoms with Crippen LogP contribution in [-0.4, -0.2) is 46.1 Å². The number of morpholine rings is 1. The molecule has 1 aliphatic rings. The van der Waals surface area contributed by atoms with Gasteiger partial charge in [0, 0.05) is 18.7 Å². The van der Waals surface area contributed by atoms with Crippen LogP contribution in [0.1, 0.15) is 24.2 Å². The second-order valence-electron chi connectivity index (χ2n) is 5.01. The normalized spacial score (nSPS) is 22.6. The van der Waals surface area contributed by atoms with E-state index in [1.807, 2.05) is 44.2 Å². The Bertz CT molecular complexity index is 468. The summed E-state index contributed by atoms with van der Waals surface area (Å²) in [6.45, 7) is 5.70. The van der Waals surface area contributed by atoms with Gasteiger partial charge in [-0.1, -0.05) is 54.3 Å². The zero-order chi connectivity index (χ0) is 14.5. The van der Waals surface area contributed by atoms with Crippen molar-refractivity contribution in [1.82, 2.24) is 4.90 Å². The molecule has 0 aliphatic carbocycles. The Balaban J connectivity index is 1.84. The fourth-order valence-corrected chi connectivity index (χ4v) is 3.33. The van der Waals surface area contributed by atoms with Gasteiger partial charge in [0.05, 0.1) is 18.0 Å². The third-order valence-electron chi connectivity index (χ3n) is 3.10. The molecule has 3 nitrogen and oxygen atoms in total. The molecule has 0 unspecified atom stereocenters. The van der Waals surface area contributed by atoms with E-state index in [9.17, 15) is 4.79 Å². The van der Waals surface area contributed by atoms with E-state index in [4.69, 9.17) is 17.0 Å². The smallest absolute Gasteiger partial charge is 0.173 e. The Morgan fingerprint density at radius 2 is 1.90 bits per heavy atom. The molecule has 0 aromatic heterocycles. The first-order valence-corrected chi connectivity index (χ1v) is 8.11. The number of thioether (sulfide) groups is 1. The van der Waals surface area contributed by atoms with E-state index in [0.717, 1.165) is 23.0 Å². The Kier molecular flexibility index (Phi) is 5.57. The van der Waals surface area contributed by atoms with Crippen molar-refractivity contribution in [2.75, 3.05) is 18.8 Å². The summed E-state index contributed by atoms with van der Waals surface area (Å²) < 4.78 is 6.47. The average Bonchev–Trinajstić information content (AvgIpc) is 2.44. The number of benzene rings is 1. The van der Waals surface area contributed by atoms with Gasteiger partial charge in [-0.05, 0) is 13.8 Å². The van der Waals surface area contributed by atoms with Gasteiger partial charge < -0.3 is 9.64 Å². The standard InChI is InChI=1S/C15H19NO2S2/c1-11-8-16(9-12(2)18-11)15(19)20-10-14(17)13-6-4-3-5-7-13/h3-7,11-12H,8-10H2,1-2H3/t11-,12+. The quantitative estimate of drug-likeness (QED) is 0.632. The SMILES string of the molecule is C[C@@H]1CN(C(=S)SCC(=O)c2ccccc2)C[C@H](C)O1. The fourth-order valence-electron chi connectivity index (χ4n) is 2.25. The molecular weight excluding hydrogens is 290 g/mol. The maximum absolute atomic E-state index is 12.0. The topological polar surface area (TPSA) is 29.5 Å². The van der Waals surface area contributed by atoms with Crippen LogP contribution in [0.4, 0.5) is 0 Å². The first kappa shape index (κ1) is 15.5. The summed E-state index contributed by atoms with van der Waals surface area (Å²) in [5.74, 6) is 0.510. The minimum Gasteiger partial charge on any atom is -0.372 e. The van der Waals surface area contributed by atoms with Crippen molar-refractivity contribution in [2.45, 2.75) is 26.1 Å². The van der Waals surface area contributed by atoms with Crippen molar-refractivity contribution in [1.29, 1.82) is 0 Å². The van der Waals surface area contributed by atoms with Crippen LogP contribution in [0, 0.1) is 0 Å². The summed E-state index contributed by atoms with van der Waals surface area (Å²) in [5, 5.41) is 0. The van der Waals surface area contributed by atoms with E-state index in [-0.39, 0.29) is 18.0 Å². The molecule has 0 bridgehead atoms. The Labute approximate surface area is 129 Å². The summed E-state index contributed by atoms with van der Waals surface area (Å²) in [4.78, 5) is 14.2. The lowest BCUT2D eigenvalue weighted by molar-refractivity contribution is -0.0465. The number of carbonyl (C=O) groups is 1. The van der Waals surface area contributed by atoms with Crippen LogP contribution in [0.3, 0.4) is 0 Å². The van der Waals surface area contributed by atoms with Crippen molar-refractivity contribution >= 4 is 34.1 Å². The summed E-state index contributed by atoms with van der Waals surface area (Å²) in [6.07, 6.45) is 0.365. The minimum atomic E-state index is 0.118. The molecule has 2 rings (SSSR count). The van der Waals surface area contributed by atoms with Crippen molar-refractivity contribution in [3.63, 3.8) is 0 Å². The van der Waals surface area contributed by atoms with Crippen molar-refractivity contribution in [3.05, 3.63) is 35.9 Å². The predicted molar refractivity (Wildman–Crippen MR) is 87.4 cm³/mol. The van der Waals surface area contributed by atoms with Crippen LogP contribution in [0.5, 0.6) is 0 Å². The van der Waals surface area contributed by atoms with Crippen LogP contribution in [0.25, 0.3) is 0 Å². The minimum absolute atomic E-state index is 0.118. The van der Waals surface area contributed by atoms with Crippen molar-refractivity contribution < 1.29 is 9.53 Å². The van der Waals surface area contributed by atoms with Gasteiger partial charge in [0.15, 0.2) is 5.78 Å². The van der Waals surface area contributed by atoms with Gasteiger partial charge in [-0.3, -0.25) is 4.79 Å². The Morgan fingerprint density at radius 3 is 2.50 bits per heavy atom. The molecule has 0 N–H and O–H groups in total. The van der Waals surface area contributed by atoms with Gasteiger partial charge >= 0.3 is 0 Å². The molecule has 1 aliphatic heterocycles. The lowest BCUT2D eigenvalue weighted by Crippen LogP contribution is -2.46. The lowest BCUT2D eigenvalue weighted by Gasteiger charge is -2.36. The first-order valence-electron chi connectivity index (χ1n) is 6.71. The van der Waals surface area contributed by atoms with E-state index >= 15 is 0 Å². The highest BCUT2D eigenvalue weighted by molar-refractivity contribution is 8.23. The number of nitrogens with zero attached hydrogens (tertiary/aromatic N) is 1. The maximum Gasteiger partial charge on any atom is 0.173 e. The molecule has 1 heterocycles. The number of hydrogen-bond donors (Lipinski definition) is 0. The number of carbonyl (C=O) groups excluding carboxylic acids is 1. The van der Waals surface area contributed by atoms with E-state index in [1.54, 1.807) is 0 Å². The van der Waals surface area contributed by atoms with Gasteiger partial charge in [0.1, 0.15) is 4.32 Å². The third kappa shape index (κ3) is 4.30. The summed E-state index contributed by atoms with van der Waals surface area (Å²) >= 11 is 6.87. The van der Waals surface area contributed by atoms with Crippen LogP contribution in [0.2, 0.25) is 0 Å². The number of thiocarbonyl (C=S) groups is 1. The Hall–Kier alpha value is -0.910. The molecule has 0 saturated carbocycles. The highest BCUT2D eigenvalue weighted by Gasteiger charge is 2.24. The zero-order valence-electron chi connectivity index (χ0n) is 11.7. The summed E-state index contributed by atoms with van der Waals surface area (Å²) in [7, 11) is 0. The number of Topliss-reactive ketones (excluding diaryl/α,β-unsaturated/α-hetero) is 1. The molecule has 20 heavy (non-hydrogen) atoms. The maximum atomic E-state index is 12.0. The molecule has 0 amide bonds. The van der Waals surface area contributed by atoms with Gasteiger partial charge in [0.25, 0.3) is 0 Å². The predicted octanol–water partition coefficient (Wildman–Crippen LogP) is 3.00. The second kappa shape index (κ2) is 7.20.